The van der Waals surface area contributed by atoms with Gasteiger partial charge in [0.2, 0.25) is 5.91 Å². The summed E-state index contributed by atoms with van der Waals surface area (Å²) < 4.78 is 11.6. The number of ether oxygens (including phenoxy) is 1. The van der Waals surface area contributed by atoms with Crippen molar-refractivity contribution in [3.05, 3.63) is 88.9 Å². The van der Waals surface area contributed by atoms with E-state index in [1.165, 1.54) is 11.1 Å². The van der Waals surface area contributed by atoms with Crippen LogP contribution in [0.25, 0.3) is 0 Å². The minimum atomic E-state index is -0.609. The lowest BCUT2D eigenvalue weighted by Crippen LogP contribution is -2.40. The largest absolute Gasteiger partial charge is 0.481 e. The molecule has 0 radical (unpaired) electrons. The first-order chi connectivity index (χ1) is 16.9. The average Bonchev–Trinajstić information content (AvgIpc) is 3.39. The summed E-state index contributed by atoms with van der Waals surface area (Å²) in [4.78, 5) is 29.6. The van der Waals surface area contributed by atoms with Gasteiger partial charge in [0.25, 0.3) is 5.91 Å². The Bertz CT molecular complexity index is 1150. The van der Waals surface area contributed by atoms with Crippen LogP contribution in [0.4, 0.5) is 0 Å². The van der Waals surface area contributed by atoms with Crippen LogP contribution >= 0.6 is 0 Å². The van der Waals surface area contributed by atoms with Gasteiger partial charge in [-0.2, -0.15) is 0 Å². The van der Waals surface area contributed by atoms with Crippen LogP contribution < -0.4 is 4.74 Å². The number of fused-ring (bicyclic) bond motifs is 1. The normalized spacial score (nSPS) is 15.9. The van der Waals surface area contributed by atoms with E-state index in [0.29, 0.717) is 31.7 Å². The number of aryl methyl sites for hydroxylation is 1. The number of rotatable bonds is 8. The molecule has 0 bridgehead atoms. The summed E-state index contributed by atoms with van der Waals surface area (Å²) in [6, 6.07) is 17.9. The molecule has 0 aliphatic carbocycles. The molecule has 4 rings (SSSR count). The molecule has 3 aromatic rings. The zero-order valence-electron chi connectivity index (χ0n) is 21.0. The monoisotopic (exact) mass is 474 g/mol. The third kappa shape index (κ3) is 5.42. The highest BCUT2D eigenvalue weighted by Gasteiger charge is 2.32. The lowest BCUT2D eigenvalue weighted by molar-refractivity contribution is -0.138. The maximum absolute atomic E-state index is 13.1. The third-order valence-corrected chi connectivity index (χ3v) is 6.64. The van der Waals surface area contributed by atoms with Crippen LogP contribution in [0.5, 0.6) is 5.75 Å². The quantitative estimate of drug-likeness (QED) is 0.445. The first kappa shape index (κ1) is 24.6. The molecule has 1 aromatic heterocycles. The second-order valence-electron chi connectivity index (χ2n) is 9.15. The fourth-order valence-corrected chi connectivity index (χ4v) is 4.68. The van der Waals surface area contributed by atoms with Crippen molar-refractivity contribution >= 4 is 11.8 Å². The smallest absolute Gasteiger partial charge is 0.263 e. The van der Waals surface area contributed by atoms with Gasteiger partial charge < -0.3 is 19.0 Å². The van der Waals surface area contributed by atoms with Crippen molar-refractivity contribution < 1.29 is 18.7 Å². The highest BCUT2D eigenvalue weighted by molar-refractivity contribution is 5.81. The Morgan fingerprint density at radius 2 is 1.91 bits per heavy atom. The zero-order chi connectivity index (χ0) is 24.9. The molecule has 0 saturated heterocycles. The lowest BCUT2D eigenvalue weighted by atomic mass is 9.87. The van der Waals surface area contributed by atoms with Gasteiger partial charge in [0.1, 0.15) is 11.5 Å². The van der Waals surface area contributed by atoms with E-state index in [0.717, 1.165) is 23.3 Å². The zero-order valence-corrected chi connectivity index (χ0v) is 21.0. The fourth-order valence-electron chi connectivity index (χ4n) is 4.68. The number of hydrogen-bond acceptors (Lipinski definition) is 4. The number of benzene rings is 2. The molecule has 6 heteroatoms. The molecule has 1 aliphatic rings. The SMILES string of the molecule is CCC(=O)N1CCc2ccc(O[C@H](CC)C(=O)N(C)Cc3ccco3)cc2[C@H]1c1ccc(C)cc1. The molecule has 0 N–H and O–H groups in total. The highest BCUT2D eigenvalue weighted by atomic mass is 16.5. The molecule has 6 nitrogen and oxygen atoms in total. The minimum absolute atomic E-state index is 0.0977. The van der Waals surface area contributed by atoms with Gasteiger partial charge in [-0.1, -0.05) is 49.7 Å². The Hall–Kier alpha value is -3.54. The molecule has 2 heterocycles. The van der Waals surface area contributed by atoms with Crippen molar-refractivity contribution in [3.63, 3.8) is 0 Å². The van der Waals surface area contributed by atoms with E-state index in [4.69, 9.17) is 9.15 Å². The molecule has 2 amide bonds. The van der Waals surface area contributed by atoms with Gasteiger partial charge in [-0.25, -0.2) is 0 Å². The first-order valence-electron chi connectivity index (χ1n) is 12.3. The van der Waals surface area contributed by atoms with E-state index in [1.807, 2.05) is 43.0 Å². The Balaban J connectivity index is 1.61. The van der Waals surface area contributed by atoms with E-state index >= 15 is 0 Å². The maximum Gasteiger partial charge on any atom is 0.263 e. The molecular formula is C29H34N2O4. The van der Waals surface area contributed by atoms with Crippen LogP contribution in [-0.4, -0.2) is 41.3 Å². The fraction of sp³-hybridized carbons (Fsp3) is 0.379. The number of carbonyl (C=O) groups is 2. The molecule has 1 aliphatic heterocycles. The Morgan fingerprint density at radius 1 is 1.14 bits per heavy atom. The molecule has 184 valence electrons. The van der Waals surface area contributed by atoms with Gasteiger partial charge in [-0.05, 0) is 60.7 Å². The van der Waals surface area contributed by atoms with E-state index < -0.39 is 6.10 Å². The molecule has 0 spiro atoms. The predicted molar refractivity (Wildman–Crippen MR) is 135 cm³/mol. The number of carbonyl (C=O) groups excluding carboxylic acids is 2. The van der Waals surface area contributed by atoms with Crippen molar-refractivity contribution in [2.75, 3.05) is 13.6 Å². The van der Waals surface area contributed by atoms with Gasteiger partial charge in [-0.15, -0.1) is 0 Å². The van der Waals surface area contributed by atoms with Crippen LogP contribution in [0.15, 0.2) is 65.3 Å². The topological polar surface area (TPSA) is 63.0 Å². The Morgan fingerprint density at radius 3 is 2.57 bits per heavy atom. The summed E-state index contributed by atoms with van der Waals surface area (Å²) in [7, 11) is 1.76. The summed E-state index contributed by atoms with van der Waals surface area (Å²) in [5.41, 5.74) is 4.53. The average molecular weight is 475 g/mol. The van der Waals surface area contributed by atoms with Crippen molar-refractivity contribution in [3.8, 4) is 5.75 Å². The van der Waals surface area contributed by atoms with Crippen molar-refractivity contribution in [2.24, 2.45) is 0 Å². The molecular weight excluding hydrogens is 440 g/mol. The van der Waals surface area contributed by atoms with Gasteiger partial charge in [0.15, 0.2) is 6.10 Å². The lowest BCUT2D eigenvalue weighted by Gasteiger charge is -2.38. The predicted octanol–water partition coefficient (Wildman–Crippen LogP) is 5.29. The van der Waals surface area contributed by atoms with Crippen LogP contribution in [0, 0.1) is 6.92 Å². The van der Waals surface area contributed by atoms with Crippen LogP contribution in [0.3, 0.4) is 0 Å². The van der Waals surface area contributed by atoms with E-state index in [1.54, 1.807) is 18.2 Å². The summed E-state index contributed by atoms with van der Waals surface area (Å²) in [6.45, 7) is 6.98. The third-order valence-electron chi connectivity index (χ3n) is 6.64. The Kier molecular flexibility index (Phi) is 7.59. The van der Waals surface area contributed by atoms with E-state index in [9.17, 15) is 9.59 Å². The van der Waals surface area contributed by atoms with Crippen LogP contribution in [0.1, 0.15) is 60.7 Å². The molecule has 0 unspecified atom stereocenters. The standard InChI is InChI=1S/C29H34N2O4/c1-5-26(29(33)30(4)19-24-8-7-17-34-24)35-23-14-13-21-15-16-31(27(32)6-2)28(25(21)18-23)22-11-9-20(3)10-12-22/h7-14,17-18,26,28H,5-6,15-16,19H2,1-4H3/t26-,28-/m1/s1. The van der Waals surface area contributed by atoms with Crippen LogP contribution in [-0.2, 0) is 22.6 Å². The molecule has 35 heavy (non-hydrogen) atoms. The van der Waals surface area contributed by atoms with E-state index in [2.05, 4.69) is 37.3 Å². The van der Waals surface area contributed by atoms with Crippen LogP contribution in [0.2, 0.25) is 0 Å². The highest BCUT2D eigenvalue weighted by Crippen LogP contribution is 2.38. The number of likely N-dealkylation sites (N-methyl/N-ethyl adjacent to an activating group) is 1. The first-order valence-corrected chi connectivity index (χ1v) is 12.3. The van der Waals surface area contributed by atoms with E-state index in [-0.39, 0.29) is 17.9 Å². The summed E-state index contributed by atoms with van der Waals surface area (Å²) in [5.74, 6) is 1.40. The molecule has 0 fully saturated rings. The number of hydrogen-bond donors (Lipinski definition) is 0. The van der Waals surface area contributed by atoms with Gasteiger partial charge in [-0.3, -0.25) is 9.59 Å². The van der Waals surface area contributed by atoms with Gasteiger partial charge in [0.05, 0.1) is 18.8 Å². The Labute approximate surface area is 207 Å². The number of amides is 2. The molecule has 2 atom stereocenters. The molecule has 2 aromatic carbocycles. The number of nitrogens with zero attached hydrogens (tertiary/aromatic N) is 2. The summed E-state index contributed by atoms with van der Waals surface area (Å²) in [5, 5.41) is 0. The van der Waals surface area contributed by atoms with Gasteiger partial charge >= 0.3 is 0 Å². The van der Waals surface area contributed by atoms with Crippen molar-refractivity contribution in [2.45, 2.75) is 58.7 Å². The van der Waals surface area contributed by atoms with Crippen molar-refractivity contribution in [1.82, 2.24) is 9.80 Å². The summed E-state index contributed by atoms with van der Waals surface area (Å²) >= 11 is 0. The number of furan rings is 1. The second kappa shape index (κ2) is 10.8. The molecule has 0 saturated carbocycles. The van der Waals surface area contributed by atoms with Crippen molar-refractivity contribution in [1.29, 1.82) is 0 Å². The maximum atomic E-state index is 13.1. The minimum Gasteiger partial charge on any atom is -0.481 e. The summed E-state index contributed by atoms with van der Waals surface area (Å²) in [6.07, 6.45) is 2.79. The van der Waals surface area contributed by atoms with Gasteiger partial charge in [0, 0.05) is 20.0 Å². The second-order valence-corrected chi connectivity index (χ2v) is 9.15.